The molecule has 0 aliphatic carbocycles. The molecule has 9 nitrogen and oxygen atoms in total. The summed E-state index contributed by atoms with van der Waals surface area (Å²) in [6.07, 6.45) is 0.297. The predicted octanol–water partition coefficient (Wildman–Crippen LogP) is 3.89. The zero-order chi connectivity index (χ0) is 28.1. The molecule has 0 radical (unpaired) electrons. The van der Waals surface area contributed by atoms with Crippen molar-refractivity contribution in [3.8, 4) is 5.75 Å². The number of hydrogen-bond acceptors (Lipinski definition) is 6. The fourth-order valence-corrected chi connectivity index (χ4v) is 5.07. The summed E-state index contributed by atoms with van der Waals surface area (Å²) in [6, 6.07) is 24.8. The number of para-hydroxylation sites is 1. The molecular formula is C31H30N4O5. The summed E-state index contributed by atoms with van der Waals surface area (Å²) in [5.41, 5.74) is 5.44. The monoisotopic (exact) mass is 538 g/mol. The van der Waals surface area contributed by atoms with Gasteiger partial charge in [-0.1, -0.05) is 36.4 Å². The van der Waals surface area contributed by atoms with Crippen molar-refractivity contribution in [1.82, 2.24) is 20.7 Å². The van der Waals surface area contributed by atoms with E-state index in [4.69, 9.17) is 4.74 Å². The first kappa shape index (κ1) is 26.8. The van der Waals surface area contributed by atoms with Crippen molar-refractivity contribution in [2.75, 3.05) is 13.1 Å². The minimum absolute atomic E-state index is 0.137. The number of ether oxygens (including phenoxy) is 1. The highest BCUT2D eigenvalue weighted by molar-refractivity contribution is 5.96. The molecule has 4 aromatic rings. The number of rotatable bonds is 7. The maximum atomic E-state index is 13.1. The second-order valence-electron chi connectivity index (χ2n) is 9.82. The molecule has 204 valence electrons. The van der Waals surface area contributed by atoms with E-state index in [2.05, 4.69) is 10.3 Å². The minimum atomic E-state index is -0.685. The average Bonchev–Trinajstić information content (AvgIpc) is 2.99. The SMILES string of the molecule is Cc1cc(COc2ccc(C(=O)N[C@@H]3CN(C(=O)c4ccccc4)CC[C@@H]3C(=O)NO)cc2)c2ccccc2n1. The van der Waals surface area contributed by atoms with Gasteiger partial charge in [0.25, 0.3) is 11.8 Å². The lowest BCUT2D eigenvalue weighted by atomic mass is 9.90. The number of nitrogens with one attached hydrogen (secondary N) is 2. The molecule has 0 unspecified atom stereocenters. The van der Waals surface area contributed by atoms with E-state index in [1.54, 1.807) is 58.9 Å². The minimum Gasteiger partial charge on any atom is -0.489 e. The number of piperidine rings is 1. The van der Waals surface area contributed by atoms with Gasteiger partial charge in [0.2, 0.25) is 5.91 Å². The number of pyridine rings is 1. The topological polar surface area (TPSA) is 121 Å². The average molecular weight is 539 g/mol. The summed E-state index contributed by atoms with van der Waals surface area (Å²) in [5.74, 6) is -1.25. The number of aryl methyl sites for hydroxylation is 1. The van der Waals surface area contributed by atoms with Crippen LogP contribution in [0.15, 0.2) is 84.9 Å². The third-order valence-corrected chi connectivity index (χ3v) is 7.12. The van der Waals surface area contributed by atoms with E-state index >= 15 is 0 Å². The molecule has 1 aromatic heterocycles. The maximum Gasteiger partial charge on any atom is 0.253 e. The third kappa shape index (κ3) is 5.94. The van der Waals surface area contributed by atoms with Gasteiger partial charge in [-0.25, -0.2) is 5.48 Å². The fourth-order valence-electron chi connectivity index (χ4n) is 5.07. The molecule has 0 bridgehead atoms. The lowest BCUT2D eigenvalue weighted by molar-refractivity contribution is -0.135. The number of hydrogen-bond donors (Lipinski definition) is 3. The summed E-state index contributed by atoms with van der Waals surface area (Å²) >= 11 is 0. The molecule has 1 aliphatic heterocycles. The van der Waals surface area contributed by atoms with E-state index in [0.717, 1.165) is 22.2 Å². The predicted molar refractivity (Wildman–Crippen MR) is 149 cm³/mol. The van der Waals surface area contributed by atoms with Gasteiger partial charge in [-0.2, -0.15) is 0 Å². The van der Waals surface area contributed by atoms with Crippen LogP contribution < -0.4 is 15.5 Å². The first-order valence-electron chi connectivity index (χ1n) is 13.1. The first-order valence-corrected chi connectivity index (χ1v) is 13.1. The van der Waals surface area contributed by atoms with Crippen LogP contribution in [0.4, 0.5) is 0 Å². The highest BCUT2D eigenvalue weighted by Gasteiger charge is 2.37. The van der Waals surface area contributed by atoms with E-state index in [9.17, 15) is 19.6 Å². The van der Waals surface area contributed by atoms with Gasteiger partial charge in [-0.15, -0.1) is 0 Å². The Kier molecular flexibility index (Phi) is 8.02. The number of nitrogens with zero attached hydrogens (tertiary/aromatic N) is 2. The number of benzene rings is 3. The van der Waals surface area contributed by atoms with Crippen molar-refractivity contribution in [3.63, 3.8) is 0 Å². The Hall–Kier alpha value is -4.76. The van der Waals surface area contributed by atoms with Gasteiger partial charge in [-0.3, -0.25) is 24.6 Å². The van der Waals surface area contributed by atoms with Gasteiger partial charge in [0, 0.05) is 40.9 Å². The Morgan fingerprint density at radius 3 is 2.45 bits per heavy atom. The van der Waals surface area contributed by atoms with Crippen LogP contribution in [0.5, 0.6) is 5.75 Å². The first-order chi connectivity index (χ1) is 19.4. The molecule has 2 atom stereocenters. The number of carbonyl (C=O) groups is 3. The van der Waals surface area contributed by atoms with Crippen molar-refractivity contribution in [3.05, 3.63) is 107 Å². The lowest BCUT2D eigenvalue weighted by Gasteiger charge is -2.37. The summed E-state index contributed by atoms with van der Waals surface area (Å²) in [7, 11) is 0. The molecule has 3 aromatic carbocycles. The lowest BCUT2D eigenvalue weighted by Crippen LogP contribution is -2.57. The number of aromatic nitrogens is 1. The Labute approximate surface area is 231 Å². The summed E-state index contributed by atoms with van der Waals surface area (Å²) in [6.45, 7) is 2.76. The molecule has 40 heavy (non-hydrogen) atoms. The van der Waals surface area contributed by atoms with Gasteiger partial charge in [0.05, 0.1) is 17.5 Å². The molecule has 5 rings (SSSR count). The molecule has 1 saturated heterocycles. The Bertz CT molecular complexity index is 1520. The maximum absolute atomic E-state index is 13.1. The molecule has 3 N–H and O–H groups in total. The number of fused-ring (bicyclic) bond motifs is 1. The van der Waals surface area contributed by atoms with Crippen LogP contribution in [0.2, 0.25) is 0 Å². The quantitative estimate of drug-likeness (QED) is 0.243. The van der Waals surface area contributed by atoms with Gasteiger partial charge >= 0.3 is 0 Å². The van der Waals surface area contributed by atoms with Crippen LogP contribution in [-0.4, -0.2) is 51.9 Å². The van der Waals surface area contributed by atoms with Gasteiger partial charge in [0.1, 0.15) is 12.4 Å². The third-order valence-electron chi connectivity index (χ3n) is 7.12. The van der Waals surface area contributed by atoms with E-state index in [0.29, 0.717) is 36.4 Å². The van der Waals surface area contributed by atoms with Crippen LogP contribution >= 0.6 is 0 Å². The normalized spacial score (nSPS) is 16.8. The molecule has 1 aliphatic rings. The second-order valence-corrected chi connectivity index (χ2v) is 9.82. The second kappa shape index (κ2) is 12.0. The zero-order valence-corrected chi connectivity index (χ0v) is 22.0. The molecule has 3 amide bonds. The smallest absolute Gasteiger partial charge is 0.253 e. The summed E-state index contributed by atoms with van der Waals surface area (Å²) < 4.78 is 6.00. The number of amides is 3. The van der Waals surface area contributed by atoms with Gasteiger partial charge < -0.3 is 15.0 Å². The molecular weight excluding hydrogens is 508 g/mol. The van der Waals surface area contributed by atoms with Crippen LogP contribution in [0.3, 0.4) is 0 Å². The van der Waals surface area contributed by atoms with Crippen molar-refractivity contribution in [2.45, 2.75) is 26.0 Å². The van der Waals surface area contributed by atoms with E-state index < -0.39 is 23.8 Å². The zero-order valence-electron chi connectivity index (χ0n) is 22.0. The Morgan fingerprint density at radius 2 is 1.70 bits per heavy atom. The van der Waals surface area contributed by atoms with Crippen molar-refractivity contribution < 1.29 is 24.3 Å². The fraction of sp³-hybridized carbons (Fsp3) is 0.226. The molecule has 0 spiro atoms. The molecule has 9 heteroatoms. The van der Waals surface area contributed by atoms with Crippen molar-refractivity contribution in [1.29, 1.82) is 0 Å². The van der Waals surface area contributed by atoms with Gasteiger partial charge in [-0.05, 0) is 61.9 Å². The molecule has 0 saturated carbocycles. The standard InChI is InChI=1S/C31H30N4O5/c1-20-17-23(25-9-5-6-10-27(25)32-20)19-40-24-13-11-21(12-14-24)29(36)33-28-18-35(16-15-26(28)30(37)34-39)31(38)22-7-3-2-4-8-22/h2-14,17,26,28,39H,15-16,18-19H2,1H3,(H,33,36)(H,34,37)/t26-,28+/m0/s1. The number of likely N-dealkylation sites (tertiary alicyclic amines) is 1. The number of hydroxylamine groups is 1. The van der Waals surface area contributed by atoms with Crippen LogP contribution in [0.25, 0.3) is 10.9 Å². The van der Waals surface area contributed by atoms with Crippen LogP contribution in [-0.2, 0) is 11.4 Å². The van der Waals surface area contributed by atoms with E-state index in [-0.39, 0.29) is 12.5 Å². The van der Waals surface area contributed by atoms with Gasteiger partial charge in [0.15, 0.2) is 0 Å². The van der Waals surface area contributed by atoms with E-state index in [1.165, 1.54) is 0 Å². The summed E-state index contributed by atoms with van der Waals surface area (Å²) in [5, 5.41) is 13.1. The Morgan fingerprint density at radius 1 is 0.975 bits per heavy atom. The van der Waals surface area contributed by atoms with Crippen LogP contribution in [0, 0.1) is 12.8 Å². The molecule has 2 heterocycles. The number of carbonyl (C=O) groups excluding carboxylic acids is 3. The summed E-state index contributed by atoms with van der Waals surface area (Å²) in [4.78, 5) is 44.6. The van der Waals surface area contributed by atoms with Crippen molar-refractivity contribution >= 4 is 28.6 Å². The molecule has 1 fully saturated rings. The highest BCUT2D eigenvalue weighted by Crippen LogP contribution is 2.23. The highest BCUT2D eigenvalue weighted by atomic mass is 16.5. The van der Waals surface area contributed by atoms with Crippen LogP contribution in [0.1, 0.15) is 38.4 Å². The largest absolute Gasteiger partial charge is 0.489 e. The Balaban J connectivity index is 1.25. The van der Waals surface area contributed by atoms with E-state index in [1.807, 2.05) is 43.3 Å². The van der Waals surface area contributed by atoms with Crippen molar-refractivity contribution in [2.24, 2.45) is 5.92 Å².